The molecule has 0 aliphatic carbocycles. The number of hydrogen-bond donors (Lipinski definition) is 0. The summed E-state index contributed by atoms with van der Waals surface area (Å²) < 4.78 is 84.8. The molecule has 10 atom stereocenters. The molecule has 0 aromatic rings. The number of halogens is 2. The smallest absolute Gasteiger partial charge is 0.268 e. The molecule has 2 fully saturated rings. The molecule has 2 aliphatic heterocycles. The van der Waals surface area contributed by atoms with Crippen LogP contribution in [0.15, 0.2) is 0 Å². The fourth-order valence-electron chi connectivity index (χ4n) is 2.87. The standard InChI is InChI=1S/C13H23BF2O11P2/c1-6-9(15)11(26-28(17,18)22-3)8(24-6)5-23-29(19,20)27-12-7(4-21-2)25-13(14)10(12)16/h6-13H,4-5H2,1-3H3,(H,17,18)(H,19,20)/p-2/t6-,7+,8+,9+,10-,11?,12?,13+/m0/s1. The number of phosphoric acid groups is 2. The highest BCUT2D eigenvalue weighted by Crippen LogP contribution is 2.47. The van der Waals surface area contributed by atoms with Crippen LogP contribution >= 0.6 is 15.6 Å². The van der Waals surface area contributed by atoms with Gasteiger partial charge in [-0.1, -0.05) is 0 Å². The van der Waals surface area contributed by atoms with E-state index < -0.39 is 71.1 Å². The molecule has 29 heavy (non-hydrogen) atoms. The first-order chi connectivity index (χ1) is 13.4. The summed E-state index contributed by atoms with van der Waals surface area (Å²) >= 11 is 0. The van der Waals surface area contributed by atoms with Crippen LogP contribution in [-0.2, 0) is 41.4 Å². The first-order valence-electron chi connectivity index (χ1n) is 8.43. The van der Waals surface area contributed by atoms with Crippen LogP contribution < -0.4 is 9.79 Å². The molecule has 0 bridgehead atoms. The lowest BCUT2D eigenvalue weighted by molar-refractivity contribution is -0.237. The highest BCUT2D eigenvalue weighted by Gasteiger charge is 2.47. The third-order valence-corrected chi connectivity index (χ3v) is 6.21. The number of alkyl halides is 2. The fraction of sp³-hybridized carbons (Fsp3) is 1.00. The summed E-state index contributed by atoms with van der Waals surface area (Å²) in [5.74, 6) is 0. The molecule has 2 radical (unpaired) electrons. The number of phosphoric ester groups is 2. The molecule has 2 rings (SSSR count). The van der Waals surface area contributed by atoms with Crippen molar-refractivity contribution in [3.05, 3.63) is 0 Å². The van der Waals surface area contributed by atoms with Crippen LogP contribution in [0.5, 0.6) is 0 Å². The van der Waals surface area contributed by atoms with E-state index in [9.17, 15) is 27.7 Å². The fourth-order valence-corrected chi connectivity index (χ4v) is 4.44. The minimum atomic E-state index is -5.16. The van der Waals surface area contributed by atoms with Gasteiger partial charge in [0.25, 0.3) is 15.6 Å². The third-order valence-electron chi connectivity index (χ3n) is 4.30. The van der Waals surface area contributed by atoms with Gasteiger partial charge in [-0.25, -0.2) is 8.78 Å². The van der Waals surface area contributed by atoms with Crippen LogP contribution in [0.4, 0.5) is 8.78 Å². The van der Waals surface area contributed by atoms with Crippen molar-refractivity contribution in [2.24, 2.45) is 0 Å². The lowest BCUT2D eigenvalue weighted by atomic mass is 9.94. The first kappa shape index (κ1) is 25.3. The Bertz CT molecular complexity index is 646. The Morgan fingerprint density at radius 2 is 1.52 bits per heavy atom. The van der Waals surface area contributed by atoms with Gasteiger partial charge in [0.05, 0.1) is 25.3 Å². The molecule has 0 saturated carbocycles. The highest BCUT2D eigenvalue weighted by atomic mass is 31.2. The summed E-state index contributed by atoms with van der Waals surface area (Å²) in [6, 6.07) is -1.43. The van der Waals surface area contributed by atoms with E-state index in [-0.39, 0.29) is 6.61 Å². The Morgan fingerprint density at radius 3 is 2.10 bits per heavy atom. The maximum atomic E-state index is 14.2. The molecule has 0 aromatic carbocycles. The predicted octanol–water partition coefficient (Wildman–Crippen LogP) is -0.640. The topological polar surface area (TPSA) is 145 Å². The zero-order chi connectivity index (χ0) is 22.0. The number of rotatable bonds is 10. The predicted molar refractivity (Wildman–Crippen MR) is 88.3 cm³/mol. The summed E-state index contributed by atoms with van der Waals surface area (Å²) in [5.41, 5.74) is 0. The van der Waals surface area contributed by atoms with Crippen molar-refractivity contribution in [1.82, 2.24) is 0 Å². The largest absolute Gasteiger partial charge is 0.756 e. The van der Waals surface area contributed by atoms with Crippen molar-refractivity contribution in [3.8, 4) is 0 Å². The van der Waals surface area contributed by atoms with E-state index in [1.54, 1.807) is 0 Å². The average Bonchev–Trinajstić information content (AvgIpc) is 3.05. The van der Waals surface area contributed by atoms with E-state index in [2.05, 4.69) is 13.6 Å². The van der Waals surface area contributed by atoms with Crippen LogP contribution in [0.3, 0.4) is 0 Å². The number of methoxy groups -OCH3 is 1. The normalized spacial score (nSPS) is 41.9. The van der Waals surface area contributed by atoms with Gasteiger partial charge in [-0.2, -0.15) is 0 Å². The van der Waals surface area contributed by atoms with Crippen LogP contribution in [0.2, 0.25) is 0 Å². The van der Waals surface area contributed by atoms with E-state index in [1.165, 1.54) is 14.0 Å². The van der Waals surface area contributed by atoms with Gasteiger partial charge in [0.2, 0.25) is 0 Å². The zero-order valence-corrected chi connectivity index (χ0v) is 17.5. The van der Waals surface area contributed by atoms with Crippen LogP contribution in [0.25, 0.3) is 0 Å². The lowest BCUT2D eigenvalue weighted by Gasteiger charge is -2.31. The van der Waals surface area contributed by atoms with Crippen molar-refractivity contribution < 1.29 is 60.0 Å². The summed E-state index contributed by atoms with van der Waals surface area (Å²) in [7, 11) is -2.52. The Hall–Kier alpha value is 0.0249. The second-order valence-corrected chi connectivity index (χ2v) is 9.21. The maximum absolute atomic E-state index is 14.2. The SMILES string of the molecule is [B][C@@H]1O[C@H](COC)C(OP(=O)([O-])OC[C@H]2O[C@@H](C)[C@@H](F)C2OP(=O)([O-])OC)[C@@H]1F. The van der Waals surface area contributed by atoms with Crippen molar-refractivity contribution in [2.75, 3.05) is 27.4 Å². The van der Waals surface area contributed by atoms with Gasteiger partial charge in [-0.15, -0.1) is 0 Å². The van der Waals surface area contributed by atoms with Crippen molar-refractivity contribution >= 4 is 23.5 Å². The Kier molecular flexibility index (Phi) is 8.80. The van der Waals surface area contributed by atoms with Crippen molar-refractivity contribution in [3.63, 3.8) is 0 Å². The molecule has 0 spiro atoms. The monoisotopic (exact) mass is 464 g/mol. The van der Waals surface area contributed by atoms with Gasteiger partial charge in [-0.05, 0) is 6.92 Å². The van der Waals surface area contributed by atoms with Gasteiger partial charge in [0, 0.05) is 14.2 Å². The first-order valence-corrected chi connectivity index (χ1v) is 11.4. The van der Waals surface area contributed by atoms with E-state index in [0.717, 1.165) is 7.11 Å². The molecule has 0 aromatic heterocycles. The second-order valence-electron chi connectivity index (χ2n) is 6.38. The molecule has 0 N–H and O–H groups in total. The van der Waals surface area contributed by atoms with E-state index in [1.807, 2.05) is 0 Å². The molecule has 2 saturated heterocycles. The number of ether oxygens (including phenoxy) is 3. The minimum Gasteiger partial charge on any atom is -0.756 e. The molecule has 2 heterocycles. The third kappa shape index (κ3) is 6.50. The molecule has 0 amide bonds. The van der Waals surface area contributed by atoms with Crippen molar-refractivity contribution in [1.29, 1.82) is 0 Å². The Labute approximate surface area is 167 Å². The summed E-state index contributed by atoms with van der Waals surface area (Å²) in [6.07, 6.45) is -10.9. The van der Waals surface area contributed by atoms with Crippen LogP contribution in [-0.4, -0.2) is 84.1 Å². The molecule has 2 aliphatic rings. The minimum absolute atomic E-state index is 0.197. The summed E-state index contributed by atoms with van der Waals surface area (Å²) in [5, 5.41) is 0. The molecular formula is C13H21BF2O11P2-2. The zero-order valence-electron chi connectivity index (χ0n) is 15.8. The van der Waals surface area contributed by atoms with E-state index in [4.69, 9.17) is 26.6 Å². The van der Waals surface area contributed by atoms with Gasteiger partial charge >= 0.3 is 0 Å². The van der Waals surface area contributed by atoms with E-state index in [0.29, 0.717) is 0 Å². The van der Waals surface area contributed by atoms with Crippen molar-refractivity contribution in [2.45, 2.75) is 55.8 Å². The molecule has 16 heteroatoms. The molecular weight excluding hydrogens is 443 g/mol. The van der Waals surface area contributed by atoms with E-state index >= 15 is 0 Å². The van der Waals surface area contributed by atoms with Gasteiger partial charge in [0.15, 0.2) is 6.17 Å². The Balaban J connectivity index is 2.00. The number of hydrogen-bond acceptors (Lipinski definition) is 11. The van der Waals surface area contributed by atoms with Gasteiger partial charge in [0.1, 0.15) is 38.4 Å². The average molecular weight is 464 g/mol. The summed E-state index contributed by atoms with van der Waals surface area (Å²) in [6.45, 7) is 0.236. The van der Waals surface area contributed by atoms with Crippen LogP contribution in [0.1, 0.15) is 6.92 Å². The Morgan fingerprint density at radius 1 is 0.966 bits per heavy atom. The quantitative estimate of drug-likeness (QED) is 0.301. The molecule has 168 valence electrons. The summed E-state index contributed by atoms with van der Waals surface area (Å²) in [4.78, 5) is 23.6. The molecule has 4 unspecified atom stereocenters. The van der Waals surface area contributed by atoms with Gasteiger partial charge < -0.3 is 42.1 Å². The maximum Gasteiger partial charge on any atom is 0.268 e. The lowest BCUT2D eigenvalue weighted by Crippen LogP contribution is -2.37. The highest BCUT2D eigenvalue weighted by molar-refractivity contribution is 7.46. The second kappa shape index (κ2) is 10.1. The van der Waals surface area contributed by atoms with Gasteiger partial charge in [-0.3, -0.25) is 9.13 Å². The molecule has 11 nitrogen and oxygen atoms in total. The van der Waals surface area contributed by atoms with Crippen LogP contribution in [0, 0.1) is 0 Å².